The number of hydrogen-bond acceptors (Lipinski definition) is 3. The van der Waals surface area contributed by atoms with Gasteiger partial charge in [0.05, 0.1) is 6.04 Å². The number of halogens is 1. The number of hydrogen-bond donors (Lipinski definition) is 2. The summed E-state index contributed by atoms with van der Waals surface area (Å²) in [4.78, 5) is 25.7. The molecule has 1 aliphatic rings. The van der Waals surface area contributed by atoms with E-state index >= 15 is 0 Å². The summed E-state index contributed by atoms with van der Waals surface area (Å²) in [7, 11) is 0. The van der Waals surface area contributed by atoms with E-state index in [4.69, 9.17) is 5.73 Å². The zero-order valence-corrected chi connectivity index (χ0v) is 13.6. The Morgan fingerprint density at radius 2 is 1.86 bits per heavy atom. The molecule has 1 atom stereocenters. The number of rotatable bonds is 3. The Bertz CT molecular complexity index is 508. The number of piperidine rings is 1. The Morgan fingerprint density at radius 1 is 1.29 bits per heavy atom. The molecule has 0 saturated carbocycles. The van der Waals surface area contributed by atoms with Gasteiger partial charge in [0.25, 0.3) is 0 Å². The molecule has 2 rings (SSSR count). The van der Waals surface area contributed by atoms with Crippen molar-refractivity contribution < 1.29 is 9.59 Å². The summed E-state index contributed by atoms with van der Waals surface area (Å²) in [5.41, 5.74) is 6.39. The highest BCUT2D eigenvalue weighted by atomic mass is 79.9. The van der Waals surface area contributed by atoms with Crippen LogP contribution < -0.4 is 11.1 Å². The fourth-order valence-corrected chi connectivity index (χ4v) is 2.69. The number of nitrogens with one attached hydrogen (secondary N) is 1. The maximum Gasteiger partial charge on any atom is 0.239 e. The van der Waals surface area contributed by atoms with Crippen LogP contribution in [-0.4, -0.2) is 35.8 Å². The second kappa shape index (κ2) is 7.04. The number of anilines is 1. The Morgan fingerprint density at radius 3 is 2.38 bits per heavy atom. The van der Waals surface area contributed by atoms with Crippen molar-refractivity contribution in [3.8, 4) is 0 Å². The lowest BCUT2D eigenvalue weighted by Gasteiger charge is -2.32. The molecule has 1 aromatic rings. The first-order chi connectivity index (χ1) is 9.97. The summed E-state index contributed by atoms with van der Waals surface area (Å²) < 4.78 is 0.975. The Labute approximate surface area is 133 Å². The van der Waals surface area contributed by atoms with Crippen LogP contribution in [0.25, 0.3) is 0 Å². The van der Waals surface area contributed by atoms with Gasteiger partial charge < -0.3 is 16.0 Å². The van der Waals surface area contributed by atoms with E-state index in [-0.39, 0.29) is 17.7 Å². The number of amides is 2. The fraction of sp³-hybridized carbons (Fsp3) is 0.467. The van der Waals surface area contributed by atoms with Crippen molar-refractivity contribution >= 4 is 33.4 Å². The standard InChI is InChI=1S/C15H20BrN3O2/c1-10(17)15(21)19-8-6-11(7-9-19)14(20)18-13-4-2-12(16)3-5-13/h2-5,10-11H,6-9,17H2,1H3,(H,18,20)/t10-/m1/s1. The number of carbonyl (C=O) groups excluding carboxylic acids is 2. The lowest BCUT2D eigenvalue weighted by molar-refractivity contribution is -0.135. The second-order valence-corrected chi connectivity index (χ2v) is 6.30. The molecule has 114 valence electrons. The molecule has 0 spiro atoms. The average Bonchev–Trinajstić information content (AvgIpc) is 2.49. The molecule has 0 unspecified atom stereocenters. The van der Waals surface area contributed by atoms with Gasteiger partial charge in [-0.1, -0.05) is 15.9 Å². The summed E-state index contributed by atoms with van der Waals surface area (Å²) in [6.07, 6.45) is 1.36. The minimum Gasteiger partial charge on any atom is -0.341 e. The largest absolute Gasteiger partial charge is 0.341 e. The molecule has 1 fully saturated rings. The summed E-state index contributed by atoms with van der Waals surface area (Å²) in [6, 6.07) is 7.02. The highest BCUT2D eigenvalue weighted by Gasteiger charge is 2.28. The predicted octanol–water partition coefficient (Wildman–Crippen LogP) is 1.97. The molecule has 1 aliphatic heterocycles. The summed E-state index contributed by atoms with van der Waals surface area (Å²) >= 11 is 3.36. The summed E-state index contributed by atoms with van der Waals surface area (Å²) in [5.74, 6) is -0.0715. The molecular weight excluding hydrogens is 334 g/mol. The number of nitrogens with zero attached hydrogens (tertiary/aromatic N) is 1. The summed E-state index contributed by atoms with van der Waals surface area (Å²) in [6.45, 7) is 2.88. The first kappa shape index (κ1) is 16.0. The van der Waals surface area contributed by atoms with Crippen LogP contribution in [0.4, 0.5) is 5.69 Å². The number of benzene rings is 1. The Kier molecular flexibility index (Phi) is 5.36. The Balaban J connectivity index is 1.86. The molecule has 1 aromatic carbocycles. The van der Waals surface area contributed by atoms with E-state index in [1.54, 1.807) is 11.8 Å². The van der Waals surface area contributed by atoms with Crippen LogP contribution >= 0.6 is 15.9 Å². The monoisotopic (exact) mass is 353 g/mol. The van der Waals surface area contributed by atoms with E-state index in [2.05, 4.69) is 21.2 Å². The van der Waals surface area contributed by atoms with Gasteiger partial charge in [0.15, 0.2) is 0 Å². The molecule has 0 bridgehead atoms. The third-order valence-electron chi connectivity index (χ3n) is 3.68. The van der Waals surface area contributed by atoms with E-state index < -0.39 is 6.04 Å². The van der Waals surface area contributed by atoms with Gasteiger partial charge >= 0.3 is 0 Å². The van der Waals surface area contributed by atoms with Crippen LogP contribution in [0.15, 0.2) is 28.7 Å². The third-order valence-corrected chi connectivity index (χ3v) is 4.21. The van der Waals surface area contributed by atoms with Gasteiger partial charge in [0.2, 0.25) is 11.8 Å². The molecule has 0 aromatic heterocycles. The van der Waals surface area contributed by atoms with Gasteiger partial charge in [0, 0.05) is 29.2 Å². The molecular formula is C15H20BrN3O2. The minimum absolute atomic E-state index is 0.0187. The highest BCUT2D eigenvalue weighted by Crippen LogP contribution is 2.21. The van der Waals surface area contributed by atoms with Crippen LogP contribution in [0.1, 0.15) is 19.8 Å². The van der Waals surface area contributed by atoms with Crippen LogP contribution in [0, 0.1) is 5.92 Å². The third kappa shape index (κ3) is 4.28. The van der Waals surface area contributed by atoms with Crippen LogP contribution in [0.5, 0.6) is 0 Å². The van der Waals surface area contributed by atoms with Crippen molar-refractivity contribution in [2.24, 2.45) is 11.7 Å². The quantitative estimate of drug-likeness (QED) is 0.872. The number of likely N-dealkylation sites (tertiary alicyclic amines) is 1. The first-order valence-corrected chi connectivity index (χ1v) is 7.87. The topological polar surface area (TPSA) is 75.4 Å². The molecule has 3 N–H and O–H groups in total. The molecule has 1 heterocycles. The first-order valence-electron chi connectivity index (χ1n) is 7.08. The molecule has 1 saturated heterocycles. The van der Waals surface area contributed by atoms with Crippen molar-refractivity contribution in [1.82, 2.24) is 4.90 Å². The SMILES string of the molecule is C[C@@H](N)C(=O)N1CCC(C(=O)Nc2ccc(Br)cc2)CC1. The van der Waals surface area contributed by atoms with E-state index in [0.29, 0.717) is 25.9 Å². The normalized spacial score (nSPS) is 17.4. The second-order valence-electron chi connectivity index (χ2n) is 5.38. The van der Waals surface area contributed by atoms with Crippen molar-refractivity contribution in [2.45, 2.75) is 25.8 Å². The van der Waals surface area contributed by atoms with E-state index in [1.807, 2.05) is 24.3 Å². The predicted molar refractivity (Wildman–Crippen MR) is 85.7 cm³/mol. The van der Waals surface area contributed by atoms with Gasteiger partial charge in [-0.2, -0.15) is 0 Å². The lowest BCUT2D eigenvalue weighted by Crippen LogP contribution is -2.47. The fourth-order valence-electron chi connectivity index (χ4n) is 2.43. The van der Waals surface area contributed by atoms with Crippen molar-refractivity contribution in [3.05, 3.63) is 28.7 Å². The van der Waals surface area contributed by atoms with Gasteiger partial charge in [-0.05, 0) is 44.0 Å². The maximum absolute atomic E-state index is 12.2. The van der Waals surface area contributed by atoms with Crippen molar-refractivity contribution in [2.75, 3.05) is 18.4 Å². The van der Waals surface area contributed by atoms with Gasteiger partial charge in [-0.15, -0.1) is 0 Å². The van der Waals surface area contributed by atoms with Crippen LogP contribution in [0.2, 0.25) is 0 Å². The smallest absolute Gasteiger partial charge is 0.239 e. The molecule has 6 heteroatoms. The van der Waals surface area contributed by atoms with Crippen molar-refractivity contribution in [3.63, 3.8) is 0 Å². The Hall–Kier alpha value is -1.40. The van der Waals surface area contributed by atoms with E-state index in [1.165, 1.54) is 0 Å². The van der Waals surface area contributed by atoms with Crippen LogP contribution in [0.3, 0.4) is 0 Å². The zero-order chi connectivity index (χ0) is 15.4. The van der Waals surface area contributed by atoms with Gasteiger partial charge in [0.1, 0.15) is 0 Å². The zero-order valence-electron chi connectivity index (χ0n) is 12.0. The molecule has 21 heavy (non-hydrogen) atoms. The lowest BCUT2D eigenvalue weighted by atomic mass is 9.95. The van der Waals surface area contributed by atoms with Crippen molar-refractivity contribution in [1.29, 1.82) is 0 Å². The van der Waals surface area contributed by atoms with Gasteiger partial charge in [-0.25, -0.2) is 0 Å². The summed E-state index contributed by atoms with van der Waals surface area (Å²) in [5, 5.41) is 2.92. The highest BCUT2D eigenvalue weighted by molar-refractivity contribution is 9.10. The average molecular weight is 354 g/mol. The van der Waals surface area contributed by atoms with Crippen LogP contribution in [-0.2, 0) is 9.59 Å². The van der Waals surface area contributed by atoms with E-state index in [9.17, 15) is 9.59 Å². The van der Waals surface area contributed by atoms with E-state index in [0.717, 1.165) is 10.2 Å². The molecule has 5 nitrogen and oxygen atoms in total. The molecule has 2 amide bonds. The maximum atomic E-state index is 12.2. The molecule has 0 aliphatic carbocycles. The number of nitrogens with two attached hydrogens (primary N) is 1. The van der Waals surface area contributed by atoms with Gasteiger partial charge in [-0.3, -0.25) is 9.59 Å². The molecule has 0 radical (unpaired) electrons. The number of carbonyl (C=O) groups is 2. The minimum atomic E-state index is -0.474.